The molecular weight excluding hydrogens is 388 g/mol. The van der Waals surface area contributed by atoms with Crippen molar-refractivity contribution in [2.24, 2.45) is 0 Å². The zero-order chi connectivity index (χ0) is 20.1. The summed E-state index contributed by atoms with van der Waals surface area (Å²) >= 11 is 1.35. The molecule has 1 aromatic heterocycles. The van der Waals surface area contributed by atoms with E-state index in [2.05, 4.69) is 9.72 Å². The Morgan fingerprint density at radius 3 is 2.57 bits per heavy atom. The third-order valence-corrected chi connectivity index (χ3v) is 4.72. The molecule has 0 aliphatic heterocycles. The van der Waals surface area contributed by atoms with Crippen LogP contribution in [0.1, 0.15) is 21.6 Å². The summed E-state index contributed by atoms with van der Waals surface area (Å²) in [6.07, 6.45) is 0. The highest BCUT2D eigenvalue weighted by Gasteiger charge is 2.15. The minimum absolute atomic E-state index is 0.0540. The molecule has 0 atom stereocenters. The Morgan fingerprint density at radius 1 is 1.14 bits per heavy atom. The summed E-state index contributed by atoms with van der Waals surface area (Å²) in [5, 5.41) is 2.36. The predicted molar refractivity (Wildman–Crippen MR) is 101 cm³/mol. The number of halogens is 2. The Balaban J connectivity index is 1.65. The first kappa shape index (κ1) is 19.8. The van der Waals surface area contributed by atoms with Crippen molar-refractivity contribution in [3.8, 4) is 22.1 Å². The van der Waals surface area contributed by atoms with E-state index in [0.29, 0.717) is 5.56 Å². The van der Waals surface area contributed by atoms with Gasteiger partial charge in [-0.15, -0.1) is 11.3 Å². The second-order valence-electron chi connectivity index (χ2n) is 5.84. The molecule has 0 aliphatic rings. The molecule has 0 fully saturated rings. The summed E-state index contributed by atoms with van der Waals surface area (Å²) in [5.41, 5.74) is 2.85. The van der Waals surface area contributed by atoms with Gasteiger partial charge in [-0.1, -0.05) is 35.9 Å². The van der Waals surface area contributed by atoms with Crippen LogP contribution < -0.4 is 9.47 Å². The molecule has 1 heterocycles. The number of ether oxygens (including phenoxy) is 3. The maximum Gasteiger partial charge on any atom is 0.387 e. The van der Waals surface area contributed by atoms with E-state index in [9.17, 15) is 13.6 Å². The number of aromatic nitrogens is 1. The van der Waals surface area contributed by atoms with Crippen molar-refractivity contribution in [1.29, 1.82) is 0 Å². The van der Waals surface area contributed by atoms with E-state index in [1.54, 1.807) is 5.38 Å². The lowest BCUT2D eigenvalue weighted by Gasteiger charge is -2.11. The van der Waals surface area contributed by atoms with Gasteiger partial charge in [0.25, 0.3) is 0 Å². The van der Waals surface area contributed by atoms with Gasteiger partial charge in [0.05, 0.1) is 7.11 Å². The van der Waals surface area contributed by atoms with Crippen LogP contribution in [0, 0.1) is 6.92 Å². The first-order valence-corrected chi connectivity index (χ1v) is 9.15. The number of carbonyl (C=O) groups excluding carboxylic acids is 1. The van der Waals surface area contributed by atoms with E-state index >= 15 is 0 Å². The average Bonchev–Trinajstić information content (AvgIpc) is 3.17. The van der Waals surface area contributed by atoms with Gasteiger partial charge < -0.3 is 14.2 Å². The van der Waals surface area contributed by atoms with E-state index in [1.165, 1.54) is 36.6 Å². The molecule has 0 spiro atoms. The molecule has 0 unspecified atom stereocenters. The zero-order valence-corrected chi connectivity index (χ0v) is 16.0. The lowest BCUT2D eigenvalue weighted by atomic mass is 10.2. The van der Waals surface area contributed by atoms with Crippen LogP contribution in [0.15, 0.2) is 47.8 Å². The number of benzene rings is 2. The van der Waals surface area contributed by atoms with Crippen LogP contribution in [0.4, 0.5) is 8.78 Å². The SMILES string of the molecule is COc1cc(COC(=O)c2csc(-c3ccc(C)cc3)n2)ccc1OC(F)F. The average molecular weight is 405 g/mol. The third kappa shape index (κ3) is 4.83. The van der Waals surface area contributed by atoms with Gasteiger partial charge in [0, 0.05) is 10.9 Å². The van der Waals surface area contributed by atoms with Gasteiger partial charge in [-0.3, -0.25) is 0 Å². The van der Waals surface area contributed by atoms with Crippen molar-refractivity contribution >= 4 is 17.3 Å². The number of hydrogen-bond donors (Lipinski definition) is 0. The molecule has 0 saturated heterocycles. The number of methoxy groups -OCH3 is 1. The van der Waals surface area contributed by atoms with Crippen LogP contribution in [0.3, 0.4) is 0 Å². The fourth-order valence-corrected chi connectivity index (χ4v) is 3.21. The van der Waals surface area contributed by atoms with Crippen molar-refractivity contribution in [2.45, 2.75) is 20.1 Å². The lowest BCUT2D eigenvalue weighted by Crippen LogP contribution is -2.07. The molecule has 28 heavy (non-hydrogen) atoms. The van der Waals surface area contributed by atoms with E-state index in [0.717, 1.165) is 16.1 Å². The van der Waals surface area contributed by atoms with Crippen LogP contribution in [-0.2, 0) is 11.3 Å². The molecule has 146 valence electrons. The van der Waals surface area contributed by atoms with E-state index in [-0.39, 0.29) is 23.8 Å². The molecule has 0 amide bonds. The fourth-order valence-electron chi connectivity index (χ4n) is 2.41. The third-order valence-electron chi connectivity index (χ3n) is 3.83. The molecule has 2 aromatic carbocycles. The normalized spacial score (nSPS) is 10.8. The number of hydrogen-bond acceptors (Lipinski definition) is 6. The Labute approximate surface area is 164 Å². The van der Waals surface area contributed by atoms with Crippen LogP contribution in [0.2, 0.25) is 0 Å². The monoisotopic (exact) mass is 405 g/mol. The number of thiazole rings is 1. The molecular formula is C20H17F2NO4S. The summed E-state index contributed by atoms with van der Waals surface area (Å²) in [5.74, 6) is -0.527. The van der Waals surface area contributed by atoms with Crippen molar-refractivity contribution in [3.63, 3.8) is 0 Å². The molecule has 0 saturated carbocycles. The molecule has 0 N–H and O–H groups in total. The zero-order valence-electron chi connectivity index (χ0n) is 15.1. The minimum Gasteiger partial charge on any atom is -0.493 e. The summed E-state index contributed by atoms with van der Waals surface area (Å²) in [6, 6.07) is 12.2. The van der Waals surface area contributed by atoms with Crippen molar-refractivity contribution < 1.29 is 27.8 Å². The number of esters is 1. The number of nitrogens with zero attached hydrogens (tertiary/aromatic N) is 1. The van der Waals surface area contributed by atoms with Gasteiger partial charge in [-0.2, -0.15) is 8.78 Å². The Kier molecular flexibility index (Phi) is 6.20. The van der Waals surface area contributed by atoms with Crippen LogP contribution in [0.5, 0.6) is 11.5 Å². The van der Waals surface area contributed by atoms with E-state index in [4.69, 9.17) is 9.47 Å². The molecule has 8 heteroatoms. The maximum absolute atomic E-state index is 12.4. The lowest BCUT2D eigenvalue weighted by molar-refractivity contribution is -0.0512. The van der Waals surface area contributed by atoms with Crippen LogP contribution in [-0.4, -0.2) is 24.7 Å². The van der Waals surface area contributed by atoms with Crippen molar-refractivity contribution in [3.05, 3.63) is 64.7 Å². The number of rotatable bonds is 7. The largest absolute Gasteiger partial charge is 0.493 e. The smallest absolute Gasteiger partial charge is 0.387 e. The van der Waals surface area contributed by atoms with Gasteiger partial charge in [0.1, 0.15) is 11.6 Å². The topological polar surface area (TPSA) is 57.7 Å². The number of carbonyl (C=O) groups is 1. The number of aryl methyl sites for hydroxylation is 1. The van der Waals surface area contributed by atoms with Crippen LogP contribution >= 0.6 is 11.3 Å². The summed E-state index contributed by atoms with van der Waals surface area (Å²) in [7, 11) is 1.34. The maximum atomic E-state index is 12.4. The molecule has 0 radical (unpaired) electrons. The second kappa shape index (κ2) is 8.79. The van der Waals surface area contributed by atoms with Gasteiger partial charge in [-0.05, 0) is 24.6 Å². The van der Waals surface area contributed by atoms with Gasteiger partial charge in [0.15, 0.2) is 17.2 Å². The van der Waals surface area contributed by atoms with Gasteiger partial charge in [0.2, 0.25) is 0 Å². The molecule has 3 aromatic rings. The van der Waals surface area contributed by atoms with E-state index < -0.39 is 12.6 Å². The first-order chi connectivity index (χ1) is 13.5. The molecule has 3 rings (SSSR count). The second-order valence-corrected chi connectivity index (χ2v) is 6.70. The highest BCUT2D eigenvalue weighted by atomic mass is 32.1. The Morgan fingerprint density at radius 2 is 1.89 bits per heavy atom. The summed E-state index contributed by atoms with van der Waals surface area (Å²) in [6.45, 7) is -1.01. The highest BCUT2D eigenvalue weighted by Crippen LogP contribution is 2.30. The standard InChI is InChI=1S/C20H17F2NO4S/c1-12-3-6-14(7-4-12)18-23-15(11-28-18)19(24)26-10-13-5-8-16(27-20(21)22)17(9-13)25-2/h3-9,11,20H,10H2,1-2H3. The predicted octanol–water partition coefficient (Wildman–Crippen LogP) is 5.09. The summed E-state index contributed by atoms with van der Waals surface area (Å²) in [4.78, 5) is 16.6. The molecule has 0 bridgehead atoms. The highest BCUT2D eigenvalue weighted by molar-refractivity contribution is 7.13. The van der Waals surface area contributed by atoms with E-state index in [1.807, 2.05) is 31.2 Å². The fraction of sp³-hybridized carbons (Fsp3) is 0.200. The van der Waals surface area contributed by atoms with Crippen molar-refractivity contribution in [2.75, 3.05) is 7.11 Å². The summed E-state index contributed by atoms with van der Waals surface area (Å²) < 4.78 is 39.4. The van der Waals surface area contributed by atoms with Crippen LogP contribution in [0.25, 0.3) is 10.6 Å². The quantitative estimate of drug-likeness (QED) is 0.513. The van der Waals surface area contributed by atoms with Gasteiger partial charge in [-0.25, -0.2) is 9.78 Å². The van der Waals surface area contributed by atoms with Crippen molar-refractivity contribution in [1.82, 2.24) is 4.98 Å². The molecule has 5 nitrogen and oxygen atoms in total. The Bertz CT molecular complexity index is 957. The molecule has 0 aliphatic carbocycles. The first-order valence-electron chi connectivity index (χ1n) is 8.27. The number of alkyl halides is 2. The van der Waals surface area contributed by atoms with Gasteiger partial charge >= 0.3 is 12.6 Å². The Hall–Kier alpha value is -3.00. The minimum atomic E-state index is -2.95.